The van der Waals surface area contributed by atoms with Gasteiger partial charge in [0.1, 0.15) is 5.82 Å². The van der Waals surface area contributed by atoms with Crippen molar-refractivity contribution in [1.82, 2.24) is 15.1 Å². The van der Waals surface area contributed by atoms with E-state index >= 15 is 0 Å². The van der Waals surface area contributed by atoms with Crippen LogP contribution in [-0.2, 0) is 9.59 Å². The molecule has 1 saturated heterocycles. The SMILES string of the molecule is C[C@H]1[C@H](C)CCC[C@H]1NC(=O)CN1CCN(CC(=O)Nc2ccc(F)cc2)CC1. The van der Waals surface area contributed by atoms with Crippen molar-refractivity contribution in [2.24, 2.45) is 11.8 Å². The molecule has 2 N–H and O–H groups in total. The second-order valence-electron chi connectivity index (χ2n) is 8.55. The van der Waals surface area contributed by atoms with E-state index in [-0.39, 0.29) is 17.6 Å². The third kappa shape index (κ3) is 6.51. The Balaban J connectivity index is 1.36. The van der Waals surface area contributed by atoms with Crippen molar-refractivity contribution in [3.05, 3.63) is 30.1 Å². The van der Waals surface area contributed by atoms with Gasteiger partial charge >= 0.3 is 0 Å². The molecule has 1 aromatic rings. The fourth-order valence-electron chi connectivity index (χ4n) is 4.28. The highest BCUT2D eigenvalue weighted by Crippen LogP contribution is 2.29. The highest BCUT2D eigenvalue weighted by Gasteiger charge is 2.29. The molecule has 0 unspecified atom stereocenters. The molecule has 0 radical (unpaired) electrons. The molecular formula is C22H33FN4O2. The molecule has 6 nitrogen and oxygen atoms in total. The first-order valence-corrected chi connectivity index (χ1v) is 10.7. The third-order valence-electron chi connectivity index (χ3n) is 6.38. The van der Waals surface area contributed by atoms with Crippen LogP contribution in [0.1, 0.15) is 33.1 Å². The van der Waals surface area contributed by atoms with E-state index in [2.05, 4.69) is 34.3 Å². The van der Waals surface area contributed by atoms with E-state index < -0.39 is 0 Å². The van der Waals surface area contributed by atoms with Gasteiger partial charge in [0, 0.05) is 37.9 Å². The van der Waals surface area contributed by atoms with Gasteiger partial charge in [0.25, 0.3) is 0 Å². The first-order chi connectivity index (χ1) is 13.9. The average molecular weight is 405 g/mol. The summed E-state index contributed by atoms with van der Waals surface area (Å²) >= 11 is 0. The van der Waals surface area contributed by atoms with Crippen LogP contribution >= 0.6 is 0 Å². The molecule has 1 saturated carbocycles. The number of carbonyl (C=O) groups is 2. The summed E-state index contributed by atoms with van der Waals surface area (Å²) in [7, 11) is 0. The van der Waals surface area contributed by atoms with Crippen LogP contribution in [0.5, 0.6) is 0 Å². The lowest BCUT2D eigenvalue weighted by Gasteiger charge is -2.36. The number of piperazine rings is 1. The Kier molecular flexibility index (Phi) is 7.61. The Morgan fingerprint density at radius 2 is 1.55 bits per heavy atom. The molecule has 0 spiro atoms. The third-order valence-corrected chi connectivity index (χ3v) is 6.38. The first kappa shape index (κ1) is 21.7. The summed E-state index contributed by atoms with van der Waals surface area (Å²) in [5.74, 6) is 0.875. The number of carbonyl (C=O) groups excluding carboxylic acids is 2. The number of rotatable bonds is 6. The van der Waals surface area contributed by atoms with E-state index in [1.807, 2.05) is 0 Å². The largest absolute Gasteiger partial charge is 0.352 e. The van der Waals surface area contributed by atoms with Crippen molar-refractivity contribution < 1.29 is 14.0 Å². The zero-order valence-corrected chi connectivity index (χ0v) is 17.5. The van der Waals surface area contributed by atoms with Crippen LogP contribution in [0.4, 0.5) is 10.1 Å². The molecule has 1 heterocycles. The summed E-state index contributed by atoms with van der Waals surface area (Å²) in [4.78, 5) is 28.9. The average Bonchev–Trinajstić information content (AvgIpc) is 2.69. The summed E-state index contributed by atoms with van der Waals surface area (Å²) < 4.78 is 12.9. The van der Waals surface area contributed by atoms with Crippen LogP contribution in [0.15, 0.2) is 24.3 Å². The smallest absolute Gasteiger partial charge is 0.238 e. The summed E-state index contributed by atoms with van der Waals surface area (Å²) in [6, 6.07) is 6.06. The maximum absolute atomic E-state index is 12.9. The van der Waals surface area contributed by atoms with Crippen molar-refractivity contribution in [3.63, 3.8) is 0 Å². The summed E-state index contributed by atoms with van der Waals surface area (Å²) in [6.07, 6.45) is 3.52. The molecule has 3 atom stereocenters. The zero-order valence-electron chi connectivity index (χ0n) is 17.5. The molecule has 0 aromatic heterocycles. The molecule has 0 bridgehead atoms. The highest BCUT2D eigenvalue weighted by molar-refractivity contribution is 5.92. The van der Waals surface area contributed by atoms with Crippen LogP contribution < -0.4 is 10.6 Å². The maximum Gasteiger partial charge on any atom is 0.238 e. The van der Waals surface area contributed by atoms with E-state index in [0.717, 1.165) is 32.6 Å². The maximum atomic E-state index is 12.9. The standard InChI is InChI=1S/C22H33FN4O2/c1-16-4-3-5-20(17(16)2)25-22(29)15-27-12-10-26(11-13-27)14-21(28)24-19-8-6-18(23)7-9-19/h6-9,16-17,20H,3-5,10-15H2,1-2H3,(H,24,28)(H,25,29)/t16-,17+,20-/m1/s1. The Morgan fingerprint density at radius 1 is 0.966 bits per heavy atom. The number of hydrogen-bond acceptors (Lipinski definition) is 4. The van der Waals surface area contributed by atoms with Gasteiger partial charge in [-0.05, 0) is 42.5 Å². The number of nitrogens with one attached hydrogen (secondary N) is 2. The van der Waals surface area contributed by atoms with Gasteiger partial charge in [-0.1, -0.05) is 26.7 Å². The Labute approximate surface area is 172 Å². The van der Waals surface area contributed by atoms with E-state index in [9.17, 15) is 14.0 Å². The monoisotopic (exact) mass is 404 g/mol. The lowest BCUT2D eigenvalue weighted by molar-refractivity contribution is -0.124. The highest BCUT2D eigenvalue weighted by atomic mass is 19.1. The van der Waals surface area contributed by atoms with Gasteiger partial charge in [-0.25, -0.2) is 4.39 Å². The van der Waals surface area contributed by atoms with Gasteiger partial charge in [-0.15, -0.1) is 0 Å². The molecule has 2 fully saturated rings. The minimum absolute atomic E-state index is 0.108. The topological polar surface area (TPSA) is 64.7 Å². The molecule has 1 aromatic carbocycles. The van der Waals surface area contributed by atoms with E-state index in [1.54, 1.807) is 12.1 Å². The molecule has 7 heteroatoms. The van der Waals surface area contributed by atoms with Gasteiger partial charge in [0.05, 0.1) is 13.1 Å². The second kappa shape index (κ2) is 10.2. The zero-order chi connectivity index (χ0) is 20.8. The molecule has 2 aliphatic rings. The molecule has 160 valence electrons. The van der Waals surface area contributed by atoms with Crippen LogP contribution in [0, 0.1) is 17.7 Å². The van der Waals surface area contributed by atoms with Gasteiger partial charge in [-0.3, -0.25) is 19.4 Å². The quantitative estimate of drug-likeness (QED) is 0.764. The molecule has 3 rings (SSSR count). The van der Waals surface area contributed by atoms with Gasteiger partial charge in [-0.2, -0.15) is 0 Å². The minimum atomic E-state index is -0.324. The molecule has 29 heavy (non-hydrogen) atoms. The Bertz CT molecular complexity index is 689. The van der Waals surface area contributed by atoms with Crippen molar-refractivity contribution >= 4 is 17.5 Å². The van der Waals surface area contributed by atoms with E-state index in [4.69, 9.17) is 0 Å². The number of nitrogens with zero attached hydrogens (tertiary/aromatic N) is 2. The van der Waals surface area contributed by atoms with E-state index in [0.29, 0.717) is 36.7 Å². The van der Waals surface area contributed by atoms with Crippen molar-refractivity contribution in [2.75, 3.05) is 44.6 Å². The van der Waals surface area contributed by atoms with Crippen molar-refractivity contribution in [2.45, 2.75) is 39.2 Å². The number of amides is 2. The number of benzene rings is 1. The fraction of sp³-hybridized carbons (Fsp3) is 0.636. The van der Waals surface area contributed by atoms with Gasteiger partial charge in [0.15, 0.2) is 0 Å². The number of hydrogen-bond donors (Lipinski definition) is 2. The number of anilines is 1. The van der Waals surface area contributed by atoms with Crippen molar-refractivity contribution in [1.29, 1.82) is 0 Å². The second-order valence-corrected chi connectivity index (χ2v) is 8.55. The normalized spacial score (nSPS) is 26.1. The van der Waals surface area contributed by atoms with Gasteiger partial charge < -0.3 is 10.6 Å². The van der Waals surface area contributed by atoms with E-state index in [1.165, 1.54) is 25.0 Å². The Morgan fingerprint density at radius 3 is 2.17 bits per heavy atom. The summed E-state index contributed by atoms with van der Waals surface area (Å²) in [5, 5.41) is 6.02. The molecule has 1 aliphatic heterocycles. The molecule has 1 aliphatic carbocycles. The fourth-order valence-corrected chi connectivity index (χ4v) is 4.28. The van der Waals surface area contributed by atoms with Crippen LogP contribution in [0.25, 0.3) is 0 Å². The van der Waals surface area contributed by atoms with Crippen LogP contribution in [0.2, 0.25) is 0 Å². The summed E-state index contributed by atoms with van der Waals surface area (Å²) in [5.41, 5.74) is 0.595. The Hall–Kier alpha value is -1.99. The van der Waals surface area contributed by atoms with Crippen LogP contribution in [-0.4, -0.2) is 66.9 Å². The van der Waals surface area contributed by atoms with Gasteiger partial charge in [0.2, 0.25) is 11.8 Å². The summed E-state index contributed by atoms with van der Waals surface area (Å²) in [6.45, 7) is 8.28. The first-order valence-electron chi connectivity index (χ1n) is 10.7. The lowest BCUT2D eigenvalue weighted by Crippen LogP contribution is -2.52. The lowest BCUT2D eigenvalue weighted by atomic mass is 9.78. The predicted molar refractivity (Wildman–Crippen MR) is 112 cm³/mol. The predicted octanol–water partition coefficient (Wildman–Crippen LogP) is 2.32. The molecule has 2 amide bonds. The number of halogens is 1. The van der Waals surface area contributed by atoms with Crippen molar-refractivity contribution in [3.8, 4) is 0 Å². The molecular weight excluding hydrogens is 371 g/mol. The minimum Gasteiger partial charge on any atom is -0.352 e. The van der Waals surface area contributed by atoms with Crippen LogP contribution in [0.3, 0.4) is 0 Å².